The van der Waals surface area contributed by atoms with Gasteiger partial charge in [-0.2, -0.15) is 0 Å². The molecular weight excluding hydrogens is 548 g/mol. The Labute approximate surface area is 255 Å². The maximum atomic E-state index is 13.8. The molecule has 0 spiro atoms. The second-order valence-corrected chi connectivity index (χ2v) is 11.7. The zero-order valence-electron chi connectivity index (χ0n) is 26.1. The lowest BCUT2D eigenvalue weighted by molar-refractivity contribution is -0.118. The van der Waals surface area contributed by atoms with E-state index in [1.807, 2.05) is 61.2 Å². The Balaban J connectivity index is 1.39. The van der Waals surface area contributed by atoms with Crippen LogP contribution in [0.15, 0.2) is 42.5 Å². The van der Waals surface area contributed by atoms with Crippen LogP contribution >= 0.6 is 0 Å². The highest BCUT2D eigenvalue weighted by Gasteiger charge is 2.34. The van der Waals surface area contributed by atoms with Gasteiger partial charge in [0.25, 0.3) is 5.91 Å². The summed E-state index contributed by atoms with van der Waals surface area (Å²) >= 11 is 0. The summed E-state index contributed by atoms with van der Waals surface area (Å²) in [5, 5.41) is 6.28. The molecule has 0 aliphatic carbocycles. The Morgan fingerprint density at radius 2 is 1.79 bits per heavy atom. The van der Waals surface area contributed by atoms with Crippen molar-refractivity contribution in [2.45, 2.75) is 52.2 Å². The number of methoxy groups -OCH3 is 1. The highest BCUT2D eigenvalue weighted by molar-refractivity contribution is 5.95. The number of fused-ring (bicyclic) bond motifs is 1. The fourth-order valence-corrected chi connectivity index (χ4v) is 5.78. The number of hydrogen-bond acceptors (Lipinski definition) is 7. The fraction of sp³-hybridized carbons (Fsp3) is 0.545. The molecule has 0 bridgehead atoms. The van der Waals surface area contributed by atoms with Crippen LogP contribution in [0.2, 0.25) is 0 Å². The van der Waals surface area contributed by atoms with E-state index in [0.29, 0.717) is 37.6 Å². The van der Waals surface area contributed by atoms with Crippen molar-refractivity contribution in [1.29, 1.82) is 0 Å². The number of rotatable bonds is 13. The number of benzene rings is 2. The van der Waals surface area contributed by atoms with Gasteiger partial charge in [-0.25, -0.2) is 4.79 Å². The molecule has 0 unspecified atom stereocenters. The molecule has 2 aliphatic heterocycles. The molecule has 234 valence electrons. The first kappa shape index (κ1) is 32.3. The third kappa shape index (κ3) is 8.26. The number of aryl methyl sites for hydroxylation is 1. The van der Waals surface area contributed by atoms with Gasteiger partial charge in [0.1, 0.15) is 11.9 Å². The molecule has 3 atom stereocenters. The van der Waals surface area contributed by atoms with E-state index in [2.05, 4.69) is 17.6 Å². The maximum absolute atomic E-state index is 13.8. The summed E-state index contributed by atoms with van der Waals surface area (Å²) in [4.78, 5) is 42.6. The van der Waals surface area contributed by atoms with Crippen molar-refractivity contribution in [1.82, 2.24) is 15.1 Å². The van der Waals surface area contributed by atoms with Gasteiger partial charge in [0.2, 0.25) is 5.91 Å². The van der Waals surface area contributed by atoms with Gasteiger partial charge in [-0.3, -0.25) is 9.59 Å². The van der Waals surface area contributed by atoms with Gasteiger partial charge in [0.15, 0.2) is 0 Å². The van der Waals surface area contributed by atoms with Crippen molar-refractivity contribution >= 4 is 23.6 Å². The monoisotopic (exact) mass is 594 g/mol. The summed E-state index contributed by atoms with van der Waals surface area (Å²) in [6.07, 6.45) is 0.588. The van der Waals surface area contributed by atoms with Crippen molar-refractivity contribution in [3.8, 4) is 5.75 Å². The van der Waals surface area contributed by atoms with E-state index in [1.54, 1.807) is 19.1 Å². The van der Waals surface area contributed by atoms with Crippen molar-refractivity contribution in [3.05, 3.63) is 59.2 Å². The number of para-hydroxylation sites is 1. The van der Waals surface area contributed by atoms with Gasteiger partial charge >= 0.3 is 6.09 Å². The predicted molar refractivity (Wildman–Crippen MR) is 165 cm³/mol. The molecule has 2 heterocycles. The molecule has 2 aromatic rings. The number of nitrogens with one attached hydrogen (secondary N) is 2. The molecule has 0 aromatic heterocycles. The summed E-state index contributed by atoms with van der Waals surface area (Å²) in [5.41, 5.74) is 3.14. The van der Waals surface area contributed by atoms with E-state index in [9.17, 15) is 14.4 Å². The maximum Gasteiger partial charge on any atom is 0.410 e. The van der Waals surface area contributed by atoms with Crippen LogP contribution in [-0.2, 0) is 20.7 Å². The van der Waals surface area contributed by atoms with Crippen molar-refractivity contribution in [3.63, 3.8) is 0 Å². The number of carbonyl (C=O) groups is 3. The zero-order valence-corrected chi connectivity index (χ0v) is 26.1. The van der Waals surface area contributed by atoms with Crippen LogP contribution in [0.3, 0.4) is 0 Å². The molecule has 10 heteroatoms. The molecule has 0 saturated carbocycles. The van der Waals surface area contributed by atoms with Gasteiger partial charge < -0.3 is 34.6 Å². The lowest BCUT2D eigenvalue weighted by Crippen LogP contribution is -2.44. The lowest BCUT2D eigenvalue weighted by atomic mass is 9.94. The van der Waals surface area contributed by atoms with Crippen LogP contribution in [0.4, 0.5) is 10.5 Å². The molecule has 2 aromatic carbocycles. The number of anilines is 1. The average molecular weight is 595 g/mol. The number of ether oxygens (including phenoxy) is 3. The molecule has 4 rings (SSSR count). The van der Waals surface area contributed by atoms with E-state index < -0.39 is 12.2 Å². The average Bonchev–Trinajstić information content (AvgIpc) is 3.43. The Morgan fingerprint density at radius 1 is 1.05 bits per heavy atom. The van der Waals surface area contributed by atoms with Crippen LogP contribution in [0.5, 0.6) is 5.75 Å². The van der Waals surface area contributed by atoms with E-state index in [4.69, 9.17) is 14.2 Å². The van der Waals surface area contributed by atoms with Gasteiger partial charge in [0.05, 0.1) is 13.0 Å². The van der Waals surface area contributed by atoms with E-state index in [1.165, 1.54) is 0 Å². The Morgan fingerprint density at radius 3 is 2.51 bits per heavy atom. The number of amides is 3. The molecule has 3 amide bonds. The Kier molecular flexibility index (Phi) is 11.4. The molecular formula is C33H46N4O6. The summed E-state index contributed by atoms with van der Waals surface area (Å²) < 4.78 is 17.0. The molecule has 1 saturated heterocycles. The van der Waals surface area contributed by atoms with Crippen LogP contribution in [-0.4, -0.2) is 87.3 Å². The number of hydrogen-bond donors (Lipinski definition) is 2. The molecule has 2 N–H and O–H groups in total. The highest BCUT2D eigenvalue weighted by Crippen LogP contribution is 2.33. The number of nitrogens with zero attached hydrogens (tertiary/aromatic N) is 2. The van der Waals surface area contributed by atoms with Crippen LogP contribution in [0.25, 0.3) is 0 Å². The van der Waals surface area contributed by atoms with Crippen molar-refractivity contribution < 1.29 is 28.6 Å². The van der Waals surface area contributed by atoms with Crippen molar-refractivity contribution in [2.24, 2.45) is 11.8 Å². The second kappa shape index (κ2) is 15.2. The highest BCUT2D eigenvalue weighted by atomic mass is 16.6. The first-order chi connectivity index (χ1) is 20.7. The fourth-order valence-electron chi connectivity index (χ4n) is 5.78. The van der Waals surface area contributed by atoms with E-state index in [-0.39, 0.29) is 36.1 Å². The number of carbonyl (C=O) groups excluding carboxylic acids is 3. The van der Waals surface area contributed by atoms with E-state index >= 15 is 0 Å². The molecule has 10 nitrogen and oxygen atoms in total. The lowest BCUT2D eigenvalue weighted by Gasteiger charge is -2.33. The SMILES string of the molecule is CCc1ccc(C(=O)N(C[C@@H]2CNC[C@H]2CN(C)C(=O)O[C@H]2CC(=O)Nc3ccccc32)C(C)C)cc1OCCCOC. The van der Waals surface area contributed by atoms with Crippen LogP contribution in [0.1, 0.15) is 61.2 Å². The zero-order chi connectivity index (χ0) is 30.9. The molecule has 2 aliphatic rings. The first-order valence-corrected chi connectivity index (χ1v) is 15.3. The standard InChI is InChI=1S/C33H46N4O6/c1-6-23-12-13-24(16-29(23)42-15-9-14-41-5)32(39)37(22(2)3)21-26-19-34-18-25(26)20-36(4)33(40)43-30-17-31(38)35-28-11-8-7-10-27(28)30/h7-8,10-13,16,22,25-26,30,34H,6,9,14-15,17-21H2,1-5H3,(H,35,38)/t25-,26-,30-/m0/s1. The van der Waals surface area contributed by atoms with E-state index in [0.717, 1.165) is 42.8 Å². The third-order valence-corrected chi connectivity index (χ3v) is 8.26. The third-order valence-electron chi connectivity index (χ3n) is 8.26. The minimum absolute atomic E-state index is 0.00844. The summed E-state index contributed by atoms with van der Waals surface area (Å²) in [6.45, 7) is 9.80. The Hall–Kier alpha value is -3.63. The van der Waals surface area contributed by atoms with Crippen LogP contribution in [0, 0.1) is 11.8 Å². The summed E-state index contributed by atoms with van der Waals surface area (Å²) in [7, 11) is 3.39. The van der Waals surface area contributed by atoms with Gasteiger partial charge in [-0.1, -0.05) is 31.2 Å². The Bertz CT molecular complexity index is 1270. The predicted octanol–water partition coefficient (Wildman–Crippen LogP) is 4.50. The van der Waals surface area contributed by atoms with Gasteiger partial charge in [-0.05, 0) is 55.9 Å². The van der Waals surface area contributed by atoms with Crippen LogP contribution < -0.4 is 15.4 Å². The van der Waals surface area contributed by atoms with Gasteiger partial charge in [0, 0.05) is 76.2 Å². The molecule has 0 radical (unpaired) electrons. The van der Waals surface area contributed by atoms with Gasteiger partial charge in [-0.15, -0.1) is 0 Å². The normalized spacial score (nSPS) is 19.5. The summed E-state index contributed by atoms with van der Waals surface area (Å²) in [5.74, 6) is 0.823. The first-order valence-electron chi connectivity index (χ1n) is 15.3. The topological polar surface area (TPSA) is 109 Å². The largest absolute Gasteiger partial charge is 0.493 e. The smallest absolute Gasteiger partial charge is 0.410 e. The second-order valence-electron chi connectivity index (χ2n) is 11.7. The molecule has 1 fully saturated rings. The quantitative estimate of drug-likeness (QED) is 0.329. The minimum atomic E-state index is -0.626. The molecule has 43 heavy (non-hydrogen) atoms. The van der Waals surface area contributed by atoms with Crippen molar-refractivity contribution in [2.75, 3.05) is 58.9 Å². The summed E-state index contributed by atoms with van der Waals surface area (Å²) in [6, 6.07) is 13.1. The minimum Gasteiger partial charge on any atom is -0.493 e.